The number of pyridine rings is 1. The van der Waals surface area contributed by atoms with E-state index in [0.717, 1.165) is 11.5 Å². The number of benzene rings is 2. The summed E-state index contributed by atoms with van der Waals surface area (Å²) in [4.78, 5) is 4.25. The maximum absolute atomic E-state index is 4.25. The molecule has 3 aromatic rings. The Hall–Kier alpha value is -2.87. The highest BCUT2D eigenvalue weighted by atomic mass is 15.0. The van der Waals surface area contributed by atoms with Gasteiger partial charge >= 0.3 is 0 Å². The molecule has 0 aliphatic rings. The zero-order valence-corrected chi connectivity index (χ0v) is 11.6. The van der Waals surface area contributed by atoms with Gasteiger partial charge in [0.2, 0.25) is 0 Å². The Morgan fingerprint density at radius 3 is 2.00 bits per heavy atom. The number of nitrogens with one attached hydrogen (secondary N) is 1. The predicted octanol–water partition coefficient (Wildman–Crippen LogP) is 5.00. The average molecular weight is 272 g/mol. The molecular formula is C19H16N2. The van der Waals surface area contributed by atoms with Crippen LogP contribution >= 0.6 is 0 Å². The number of hydrogen-bond acceptors (Lipinski definition) is 2. The minimum atomic E-state index is 0.852. The van der Waals surface area contributed by atoms with Crippen molar-refractivity contribution in [2.75, 3.05) is 5.32 Å². The fourth-order valence-electron chi connectivity index (χ4n) is 2.02. The number of rotatable bonds is 4. The largest absolute Gasteiger partial charge is 0.340 e. The van der Waals surface area contributed by atoms with Crippen LogP contribution in [0.4, 0.5) is 11.5 Å². The summed E-state index contributed by atoms with van der Waals surface area (Å²) in [5.74, 6) is 0.852. The normalized spacial score (nSPS) is 10.7. The highest BCUT2D eigenvalue weighted by Crippen LogP contribution is 2.16. The number of anilines is 2. The van der Waals surface area contributed by atoms with Crippen molar-refractivity contribution in [1.82, 2.24) is 4.98 Å². The molecule has 1 heterocycles. The van der Waals surface area contributed by atoms with Crippen LogP contribution < -0.4 is 5.32 Å². The van der Waals surface area contributed by atoms with Gasteiger partial charge in [0.05, 0.1) is 0 Å². The lowest BCUT2D eigenvalue weighted by Gasteiger charge is -2.05. The molecule has 0 unspecified atom stereocenters. The van der Waals surface area contributed by atoms with Gasteiger partial charge < -0.3 is 5.32 Å². The summed E-state index contributed by atoms with van der Waals surface area (Å²) >= 11 is 0. The zero-order chi connectivity index (χ0) is 14.3. The topological polar surface area (TPSA) is 24.9 Å². The molecule has 102 valence electrons. The van der Waals surface area contributed by atoms with Gasteiger partial charge in [-0.3, -0.25) is 0 Å². The molecule has 0 spiro atoms. The van der Waals surface area contributed by atoms with Crippen LogP contribution in [0, 0.1) is 0 Å². The van der Waals surface area contributed by atoms with Crippen molar-refractivity contribution in [3.05, 3.63) is 90.1 Å². The van der Waals surface area contributed by atoms with E-state index in [1.165, 1.54) is 11.1 Å². The first-order chi connectivity index (χ1) is 10.4. The van der Waals surface area contributed by atoms with Crippen LogP contribution in [0.2, 0.25) is 0 Å². The molecule has 2 aromatic carbocycles. The van der Waals surface area contributed by atoms with Crippen molar-refractivity contribution in [3.63, 3.8) is 0 Å². The third-order valence-corrected chi connectivity index (χ3v) is 3.12. The van der Waals surface area contributed by atoms with Crippen LogP contribution in [0.25, 0.3) is 12.2 Å². The minimum Gasteiger partial charge on any atom is -0.340 e. The first kappa shape index (κ1) is 13.1. The molecule has 0 amide bonds. The molecule has 0 saturated carbocycles. The number of nitrogens with zero attached hydrogens (tertiary/aromatic N) is 1. The van der Waals surface area contributed by atoms with Gasteiger partial charge in [-0.15, -0.1) is 0 Å². The van der Waals surface area contributed by atoms with E-state index >= 15 is 0 Å². The minimum absolute atomic E-state index is 0.852. The first-order valence-corrected chi connectivity index (χ1v) is 6.91. The Morgan fingerprint density at radius 1 is 0.667 bits per heavy atom. The second-order valence-corrected chi connectivity index (χ2v) is 4.71. The van der Waals surface area contributed by atoms with E-state index in [2.05, 4.69) is 58.9 Å². The first-order valence-electron chi connectivity index (χ1n) is 6.91. The van der Waals surface area contributed by atoms with E-state index in [9.17, 15) is 0 Å². The van der Waals surface area contributed by atoms with Crippen LogP contribution in [-0.2, 0) is 0 Å². The van der Waals surface area contributed by atoms with E-state index in [0.29, 0.717) is 0 Å². The molecule has 21 heavy (non-hydrogen) atoms. The van der Waals surface area contributed by atoms with E-state index < -0.39 is 0 Å². The van der Waals surface area contributed by atoms with Gasteiger partial charge in [0.1, 0.15) is 5.82 Å². The lowest BCUT2D eigenvalue weighted by atomic mass is 10.1. The lowest BCUT2D eigenvalue weighted by molar-refractivity contribution is 1.31. The van der Waals surface area contributed by atoms with Gasteiger partial charge in [-0.1, -0.05) is 60.7 Å². The summed E-state index contributed by atoms with van der Waals surface area (Å²) in [5, 5.41) is 3.27. The summed E-state index contributed by atoms with van der Waals surface area (Å²) in [5.41, 5.74) is 3.41. The highest BCUT2D eigenvalue weighted by Gasteiger charge is 1.94. The standard InChI is InChI=1S/C19H16N2/c1-2-6-16(7-3-1)9-10-17-11-13-18(14-12-17)21-19-8-4-5-15-20-19/h1-15H,(H,20,21)/b10-9+. The van der Waals surface area contributed by atoms with Crippen molar-refractivity contribution in [1.29, 1.82) is 0 Å². The fourth-order valence-corrected chi connectivity index (χ4v) is 2.02. The Balaban J connectivity index is 1.68. The molecule has 1 N–H and O–H groups in total. The van der Waals surface area contributed by atoms with Crippen LogP contribution in [0.15, 0.2) is 79.0 Å². The smallest absolute Gasteiger partial charge is 0.130 e. The molecule has 0 bridgehead atoms. The van der Waals surface area contributed by atoms with Crippen molar-refractivity contribution in [2.24, 2.45) is 0 Å². The van der Waals surface area contributed by atoms with Crippen molar-refractivity contribution < 1.29 is 0 Å². The third kappa shape index (κ3) is 3.80. The predicted molar refractivity (Wildman–Crippen MR) is 89.3 cm³/mol. The Kier molecular flexibility index (Phi) is 4.08. The summed E-state index contributed by atoms with van der Waals surface area (Å²) in [7, 11) is 0. The van der Waals surface area contributed by atoms with Crippen molar-refractivity contribution >= 4 is 23.7 Å². The van der Waals surface area contributed by atoms with Crippen LogP contribution in [0.5, 0.6) is 0 Å². The average Bonchev–Trinajstić information content (AvgIpc) is 2.56. The molecule has 1 aromatic heterocycles. The van der Waals surface area contributed by atoms with Gasteiger partial charge in [0.25, 0.3) is 0 Å². The highest BCUT2D eigenvalue weighted by molar-refractivity contribution is 5.70. The molecule has 0 aliphatic heterocycles. The molecular weight excluding hydrogens is 256 g/mol. The third-order valence-electron chi connectivity index (χ3n) is 3.12. The molecule has 0 saturated heterocycles. The second kappa shape index (κ2) is 6.53. The zero-order valence-electron chi connectivity index (χ0n) is 11.6. The Bertz CT molecular complexity index is 702. The molecule has 2 nitrogen and oxygen atoms in total. The fraction of sp³-hybridized carbons (Fsp3) is 0. The van der Waals surface area contributed by atoms with Crippen molar-refractivity contribution in [2.45, 2.75) is 0 Å². The summed E-state index contributed by atoms with van der Waals surface area (Å²) in [6.45, 7) is 0. The quantitative estimate of drug-likeness (QED) is 0.676. The lowest BCUT2D eigenvalue weighted by Crippen LogP contribution is -1.91. The molecule has 2 heteroatoms. The van der Waals surface area contributed by atoms with Gasteiger partial charge in [0, 0.05) is 11.9 Å². The van der Waals surface area contributed by atoms with E-state index in [1.54, 1.807) is 6.20 Å². The molecule has 0 atom stereocenters. The van der Waals surface area contributed by atoms with Crippen molar-refractivity contribution in [3.8, 4) is 0 Å². The Labute approximate surface area is 124 Å². The molecule has 0 aliphatic carbocycles. The number of aromatic nitrogens is 1. The maximum Gasteiger partial charge on any atom is 0.130 e. The van der Waals surface area contributed by atoms with Crippen LogP contribution in [0.1, 0.15) is 11.1 Å². The summed E-state index contributed by atoms with van der Waals surface area (Å²) < 4.78 is 0. The van der Waals surface area contributed by atoms with E-state index in [4.69, 9.17) is 0 Å². The summed E-state index contributed by atoms with van der Waals surface area (Å²) in [6.07, 6.45) is 6.00. The molecule has 0 fully saturated rings. The van der Waals surface area contributed by atoms with Crippen LogP contribution in [0.3, 0.4) is 0 Å². The second-order valence-electron chi connectivity index (χ2n) is 4.71. The molecule has 3 rings (SSSR count). The molecule has 0 radical (unpaired) electrons. The van der Waals surface area contributed by atoms with Gasteiger partial charge in [-0.2, -0.15) is 0 Å². The maximum atomic E-state index is 4.25. The van der Waals surface area contributed by atoms with Gasteiger partial charge in [-0.25, -0.2) is 4.98 Å². The monoisotopic (exact) mass is 272 g/mol. The van der Waals surface area contributed by atoms with E-state index in [-0.39, 0.29) is 0 Å². The van der Waals surface area contributed by atoms with E-state index in [1.807, 2.05) is 36.4 Å². The summed E-state index contributed by atoms with van der Waals surface area (Å²) in [6, 6.07) is 24.4. The number of hydrogen-bond donors (Lipinski definition) is 1. The SMILES string of the molecule is C(=C\c1ccc(Nc2ccccn2)cc1)/c1ccccc1. The van der Waals surface area contributed by atoms with Crippen LogP contribution in [-0.4, -0.2) is 4.98 Å². The Morgan fingerprint density at radius 2 is 1.33 bits per heavy atom. The van der Waals surface area contributed by atoms with Gasteiger partial charge in [-0.05, 0) is 35.4 Å². The van der Waals surface area contributed by atoms with Gasteiger partial charge in [0.15, 0.2) is 0 Å².